The average molecular weight is 533 g/mol. The summed E-state index contributed by atoms with van der Waals surface area (Å²) in [7, 11) is -3.60. The highest BCUT2D eigenvalue weighted by Crippen LogP contribution is 2.27. The number of nitrogens with zero attached hydrogens (tertiary/aromatic N) is 3. The normalized spacial score (nSPS) is 11.5. The largest absolute Gasteiger partial charge is 0.490 e. The monoisotopic (exact) mass is 532 g/mol. The molecule has 35 heavy (non-hydrogen) atoms. The molecular weight excluding hydrogens is 512 g/mol. The highest BCUT2D eigenvalue weighted by Gasteiger charge is 2.20. The highest BCUT2D eigenvalue weighted by atomic mass is 35.5. The second-order valence-electron chi connectivity index (χ2n) is 7.11. The molecule has 0 saturated heterocycles. The van der Waals surface area contributed by atoms with E-state index in [1.54, 1.807) is 18.2 Å². The Kier molecular flexibility index (Phi) is 8.81. The van der Waals surface area contributed by atoms with Gasteiger partial charge in [-0.15, -0.1) is 0 Å². The first kappa shape index (κ1) is 26.2. The Balaban J connectivity index is 1.60. The zero-order valence-corrected chi connectivity index (χ0v) is 21.2. The average Bonchev–Trinajstić information content (AvgIpc) is 3.31. The molecule has 0 aliphatic heterocycles. The molecule has 182 valence electrons. The van der Waals surface area contributed by atoms with Crippen LogP contribution < -0.4 is 14.8 Å². The number of benzene rings is 2. The van der Waals surface area contributed by atoms with Crippen LogP contribution in [-0.2, 0) is 14.6 Å². The Bertz CT molecular complexity index is 1380. The summed E-state index contributed by atoms with van der Waals surface area (Å²) in [4.78, 5) is 16.3. The number of aromatic nitrogens is 2. The number of sulfone groups is 1. The lowest BCUT2D eigenvalue weighted by atomic mass is 10.1. The summed E-state index contributed by atoms with van der Waals surface area (Å²) in [5.74, 6) is 0.247. The fourth-order valence-corrected chi connectivity index (χ4v) is 4.49. The van der Waals surface area contributed by atoms with E-state index in [1.807, 2.05) is 37.3 Å². The van der Waals surface area contributed by atoms with E-state index in [-0.39, 0.29) is 28.2 Å². The molecule has 12 heteroatoms. The van der Waals surface area contributed by atoms with E-state index in [4.69, 9.17) is 21.1 Å². The van der Waals surface area contributed by atoms with Crippen LogP contribution >= 0.6 is 23.1 Å². The molecule has 0 radical (unpaired) electrons. The van der Waals surface area contributed by atoms with Crippen molar-refractivity contribution < 1.29 is 22.7 Å². The van der Waals surface area contributed by atoms with Crippen LogP contribution in [0.25, 0.3) is 6.08 Å². The fraction of sp³-hybridized carbons (Fsp3) is 0.217. The number of anilines is 1. The number of hydrogen-bond donors (Lipinski definition) is 1. The Labute approximate surface area is 212 Å². The second-order valence-corrected chi connectivity index (χ2v) is 10.4. The summed E-state index contributed by atoms with van der Waals surface area (Å²) in [5, 5.41) is 11.7. The van der Waals surface area contributed by atoms with Crippen LogP contribution in [0.4, 0.5) is 5.13 Å². The van der Waals surface area contributed by atoms with Crippen LogP contribution in [0.1, 0.15) is 18.1 Å². The minimum absolute atomic E-state index is 0.0298. The maximum absolute atomic E-state index is 12.5. The minimum Gasteiger partial charge on any atom is -0.490 e. The lowest BCUT2D eigenvalue weighted by Crippen LogP contribution is -2.13. The molecule has 0 unspecified atom stereocenters. The molecule has 0 aliphatic carbocycles. The third-order valence-electron chi connectivity index (χ3n) is 4.55. The van der Waals surface area contributed by atoms with Gasteiger partial charge in [-0.05, 0) is 42.8 Å². The van der Waals surface area contributed by atoms with Gasteiger partial charge in [-0.3, -0.25) is 10.1 Å². The van der Waals surface area contributed by atoms with E-state index in [1.165, 1.54) is 13.0 Å². The molecule has 0 aliphatic rings. The zero-order valence-electron chi connectivity index (χ0n) is 18.8. The van der Waals surface area contributed by atoms with E-state index >= 15 is 0 Å². The molecule has 0 bridgehead atoms. The summed E-state index contributed by atoms with van der Waals surface area (Å²) in [6.07, 6.45) is 1.34. The Morgan fingerprint density at radius 3 is 2.57 bits per heavy atom. The summed E-state index contributed by atoms with van der Waals surface area (Å²) < 4.78 is 38.7. The van der Waals surface area contributed by atoms with Crippen molar-refractivity contribution in [3.05, 3.63) is 64.2 Å². The first-order valence-electron chi connectivity index (χ1n) is 10.3. The van der Waals surface area contributed by atoms with Crippen molar-refractivity contribution in [2.75, 3.05) is 24.3 Å². The summed E-state index contributed by atoms with van der Waals surface area (Å²) in [6.45, 7) is 4.06. The van der Waals surface area contributed by atoms with Crippen molar-refractivity contribution in [1.82, 2.24) is 9.36 Å². The van der Waals surface area contributed by atoms with Crippen LogP contribution in [0.2, 0.25) is 5.02 Å². The Hall–Kier alpha value is -3.46. The van der Waals surface area contributed by atoms with E-state index in [9.17, 15) is 18.5 Å². The van der Waals surface area contributed by atoms with Gasteiger partial charge >= 0.3 is 0 Å². The smallest absolute Gasteiger partial charge is 0.268 e. The van der Waals surface area contributed by atoms with Crippen LogP contribution in [-0.4, -0.2) is 42.6 Å². The number of carbonyl (C=O) groups is 1. The number of hydrogen-bond acceptors (Lipinski definition) is 9. The zero-order chi connectivity index (χ0) is 25.4. The van der Waals surface area contributed by atoms with E-state index in [0.29, 0.717) is 34.5 Å². The Morgan fingerprint density at radius 2 is 1.91 bits per heavy atom. The summed E-state index contributed by atoms with van der Waals surface area (Å²) in [6, 6.07) is 14.3. The molecule has 3 aromatic rings. The van der Waals surface area contributed by atoms with Gasteiger partial charge in [-0.25, -0.2) is 8.42 Å². The number of nitrogens with one attached hydrogen (secondary N) is 1. The molecule has 2 aromatic carbocycles. The predicted molar refractivity (Wildman–Crippen MR) is 133 cm³/mol. The topological polar surface area (TPSA) is 131 Å². The number of nitriles is 1. The molecule has 3 rings (SSSR count). The molecule has 0 saturated carbocycles. The number of halogens is 1. The van der Waals surface area contributed by atoms with Gasteiger partial charge in [-0.2, -0.15) is 14.6 Å². The van der Waals surface area contributed by atoms with E-state index < -0.39 is 15.7 Å². The van der Waals surface area contributed by atoms with Crippen LogP contribution in [0, 0.1) is 18.3 Å². The van der Waals surface area contributed by atoms with Gasteiger partial charge in [0.1, 0.15) is 36.4 Å². The second kappa shape index (κ2) is 11.8. The lowest BCUT2D eigenvalue weighted by molar-refractivity contribution is -0.112. The highest BCUT2D eigenvalue weighted by molar-refractivity contribution is 7.91. The third kappa shape index (κ3) is 7.26. The molecule has 0 spiro atoms. The maximum Gasteiger partial charge on any atom is 0.268 e. The number of carbonyl (C=O) groups excluding carboxylic acids is 1. The molecular formula is C23H21ClN4O5S2. The van der Waals surface area contributed by atoms with Gasteiger partial charge < -0.3 is 9.47 Å². The van der Waals surface area contributed by atoms with Gasteiger partial charge in [-0.1, -0.05) is 42.3 Å². The standard InChI is InChI=1S/C23H21ClN4O5S2/c1-3-35(30,31)23-27-22(34-28-23)26-21(29)17(14-25)12-16-6-9-20(19(24)13-16)33-11-10-32-18-7-4-15(2)5-8-18/h4-9,12-13H,3,10-11H2,1-2H3,(H,26,27,28,29)/b17-12-. The van der Waals surface area contributed by atoms with Crippen molar-refractivity contribution in [1.29, 1.82) is 5.26 Å². The van der Waals surface area contributed by atoms with Crippen LogP contribution in [0.5, 0.6) is 11.5 Å². The van der Waals surface area contributed by atoms with Gasteiger partial charge in [0.25, 0.3) is 11.1 Å². The molecule has 1 aromatic heterocycles. The van der Waals surface area contributed by atoms with Crippen molar-refractivity contribution >= 4 is 50.1 Å². The van der Waals surface area contributed by atoms with Crippen molar-refractivity contribution in [3.63, 3.8) is 0 Å². The van der Waals surface area contributed by atoms with Crippen molar-refractivity contribution in [2.45, 2.75) is 19.0 Å². The Morgan fingerprint density at radius 1 is 1.20 bits per heavy atom. The quantitative estimate of drug-likeness (QED) is 0.232. The minimum atomic E-state index is -3.60. The fourth-order valence-electron chi connectivity index (χ4n) is 2.67. The van der Waals surface area contributed by atoms with Gasteiger partial charge in [0.2, 0.25) is 15.0 Å². The molecule has 0 atom stereocenters. The SMILES string of the molecule is CCS(=O)(=O)c1nsc(NC(=O)/C(C#N)=C\c2ccc(OCCOc3ccc(C)cc3)c(Cl)c2)n1. The lowest BCUT2D eigenvalue weighted by Gasteiger charge is -2.10. The maximum atomic E-state index is 12.5. The number of amides is 1. The third-order valence-corrected chi connectivity index (χ3v) is 7.09. The first-order chi connectivity index (χ1) is 16.7. The number of rotatable bonds is 10. The molecule has 1 N–H and O–H groups in total. The van der Waals surface area contributed by atoms with Crippen molar-refractivity contribution in [2.24, 2.45) is 0 Å². The summed E-state index contributed by atoms with van der Waals surface area (Å²) >= 11 is 7.00. The number of ether oxygens (including phenoxy) is 2. The van der Waals surface area contributed by atoms with Crippen LogP contribution in [0.3, 0.4) is 0 Å². The van der Waals surface area contributed by atoms with Gasteiger partial charge in [0.15, 0.2) is 0 Å². The molecule has 0 fully saturated rings. The number of aryl methyl sites for hydroxylation is 1. The summed E-state index contributed by atoms with van der Waals surface area (Å²) in [5.41, 5.74) is 1.41. The molecule has 9 nitrogen and oxygen atoms in total. The van der Waals surface area contributed by atoms with E-state index in [2.05, 4.69) is 14.7 Å². The van der Waals surface area contributed by atoms with Gasteiger partial charge in [0.05, 0.1) is 10.8 Å². The molecule has 1 amide bonds. The predicted octanol–water partition coefficient (Wildman–Crippen LogP) is 4.30. The van der Waals surface area contributed by atoms with Gasteiger partial charge in [0, 0.05) is 11.5 Å². The van der Waals surface area contributed by atoms with E-state index in [0.717, 1.165) is 11.3 Å². The molecule has 1 heterocycles. The van der Waals surface area contributed by atoms with Crippen molar-refractivity contribution in [3.8, 4) is 17.6 Å². The van der Waals surface area contributed by atoms with Crippen LogP contribution in [0.15, 0.2) is 53.2 Å². The first-order valence-corrected chi connectivity index (χ1v) is 13.1.